The number of thiophene rings is 1. The molecule has 2 N–H and O–H groups in total. The molecule has 10 heteroatoms. The van der Waals surface area contributed by atoms with E-state index in [1.165, 1.54) is 10.6 Å². The van der Waals surface area contributed by atoms with Crippen molar-refractivity contribution in [3.05, 3.63) is 97.0 Å². The molecule has 0 aliphatic heterocycles. The van der Waals surface area contributed by atoms with Gasteiger partial charge in [-0.15, -0.1) is 11.3 Å². The van der Waals surface area contributed by atoms with E-state index in [-0.39, 0.29) is 24.4 Å². The van der Waals surface area contributed by atoms with Crippen LogP contribution in [0.15, 0.2) is 64.2 Å². The van der Waals surface area contributed by atoms with Crippen LogP contribution >= 0.6 is 11.3 Å². The Labute approximate surface area is 215 Å². The number of amides is 1. The molecule has 2 aromatic carbocycles. The number of carboxylic acid groups (broad SMARTS) is 1. The zero-order valence-electron chi connectivity index (χ0n) is 20.3. The molecule has 4 aromatic rings. The van der Waals surface area contributed by atoms with Crippen LogP contribution in [0.4, 0.5) is 0 Å². The third-order valence-electron chi connectivity index (χ3n) is 6.83. The first-order valence-electron chi connectivity index (χ1n) is 11.7. The number of hydrogen-bond donors (Lipinski definition) is 2. The largest absolute Gasteiger partial charge is 0.497 e. The monoisotopic (exact) mass is 519 g/mol. The second kappa shape index (κ2) is 9.36. The van der Waals surface area contributed by atoms with Crippen molar-refractivity contribution in [2.45, 2.75) is 31.3 Å². The van der Waals surface area contributed by atoms with E-state index >= 15 is 0 Å². The Morgan fingerprint density at radius 2 is 1.81 bits per heavy atom. The van der Waals surface area contributed by atoms with Crippen LogP contribution in [0.25, 0.3) is 10.2 Å². The molecule has 0 unspecified atom stereocenters. The van der Waals surface area contributed by atoms with E-state index in [4.69, 9.17) is 4.74 Å². The fourth-order valence-electron chi connectivity index (χ4n) is 4.45. The summed E-state index contributed by atoms with van der Waals surface area (Å²) in [5.74, 6) is -0.491. The summed E-state index contributed by atoms with van der Waals surface area (Å²) in [6, 6.07) is 15.9. The van der Waals surface area contributed by atoms with Crippen LogP contribution in [0.5, 0.6) is 5.75 Å². The molecule has 1 amide bonds. The number of rotatable bonds is 8. The number of carbonyl (C=O) groups is 2. The van der Waals surface area contributed by atoms with Crippen molar-refractivity contribution in [1.29, 1.82) is 0 Å². The summed E-state index contributed by atoms with van der Waals surface area (Å²) in [7, 11) is 3.14. The van der Waals surface area contributed by atoms with E-state index < -0.39 is 22.6 Å². The molecule has 2 aromatic heterocycles. The van der Waals surface area contributed by atoms with Crippen LogP contribution in [0.2, 0.25) is 0 Å². The predicted octanol–water partition coefficient (Wildman–Crippen LogP) is 2.86. The second-order valence-electron chi connectivity index (χ2n) is 9.18. The number of fused-ring (bicyclic) bond motifs is 1. The molecule has 1 saturated carbocycles. The van der Waals surface area contributed by atoms with Crippen molar-refractivity contribution < 1.29 is 19.4 Å². The molecule has 0 spiro atoms. The SMILES string of the molecule is COc1cccc(CNC(=O)c2cc3c(=O)n(Cc4ccc(C5(C(=O)O)CC5)cc4)c(=O)n(C)c3s2)c1. The Morgan fingerprint density at radius 1 is 1.08 bits per heavy atom. The highest BCUT2D eigenvalue weighted by atomic mass is 32.1. The number of ether oxygens (including phenoxy) is 1. The molecule has 5 rings (SSSR count). The van der Waals surface area contributed by atoms with E-state index in [1.54, 1.807) is 38.4 Å². The lowest BCUT2D eigenvalue weighted by Gasteiger charge is -2.12. The first-order valence-corrected chi connectivity index (χ1v) is 12.5. The lowest BCUT2D eigenvalue weighted by Crippen LogP contribution is -2.38. The maximum atomic E-state index is 13.3. The van der Waals surface area contributed by atoms with Gasteiger partial charge in [-0.25, -0.2) is 4.79 Å². The van der Waals surface area contributed by atoms with Gasteiger partial charge in [-0.2, -0.15) is 0 Å². The normalized spacial score (nSPS) is 13.9. The van der Waals surface area contributed by atoms with E-state index in [1.807, 2.05) is 24.3 Å². The Balaban J connectivity index is 1.39. The standard InChI is InChI=1S/C27H25N3O6S/c1-29-24-20(13-21(37-24)22(31)28-14-17-4-3-5-19(12-17)36-2)23(32)30(26(29)35)15-16-6-8-18(9-7-16)27(10-11-27)25(33)34/h3-9,12-13H,10-11,14-15H2,1-2H3,(H,28,31)(H,33,34). The Hall–Kier alpha value is -4.18. The smallest absolute Gasteiger partial charge is 0.332 e. The first-order chi connectivity index (χ1) is 17.7. The van der Waals surface area contributed by atoms with Gasteiger partial charge in [0.15, 0.2) is 0 Å². The predicted molar refractivity (Wildman–Crippen MR) is 140 cm³/mol. The Morgan fingerprint density at radius 3 is 2.46 bits per heavy atom. The highest BCUT2D eigenvalue weighted by Crippen LogP contribution is 2.48. The topological polar surface area (TPSA) is 120 Å². The zero-order chi connectivity index (χ0) is 26.3. The van der Waals surface area contributed by atoms with Crippen LogP contribution in [0.1, 0.15) is 39.2 Å². The molecule has 0 radical (unpaired) electrons. The number of aryl methyl sites for hydroxylation is 1. The summed E-state index contributed by atoms with van der Waals surface area (Å²) in [4.78, 5) is 51.4. The van der Waals surface area contributed by atoms with Gasteiger partial charge >= 0.3 is 11.7 Å². The number of benzene rings is 2. The van der Waals surface area contributed by atoms with Crippen LogP contribution < -0.4 is 21.3 Å². The minimum Gasteiger partial charge on any atom is -0.497 e. The van der Waals surface area contributed by atoms with Crippen molar-refractivity contribution in [3.8, 4) is 5.75 Å². The van der Waals surface area contributed by atoms with Gasteiger partial charge in [0.1, 0.15) is 10.6 Å². The maximum Gasteiger partial charge on any atom is 0.332 e. The molecule has 0 atom stereocenters. The summed E-state index contributed by atoms with van der Waals surface area (Å²) in [5.41, 5.74) is 0.512. The van der Waals surface area contributed by atoms with Crippen molar-refractivity contribution in [2.24, 2.45) is 7.05 Å². The van der Waals surface area contributed by atoms with E-state index in [9.17, 15) is 24.3 Å². The number of carboxylic acids is 1. The third kappa shape index (κ3) is 4.44. The summed E-state index contributed by atoms with van der Waals surface area (Å²) < 4.78 is 7.71. The van der Waals surface area contributed by atoms with E-state index in [0.717, 1.165) is 27.0 Å². The van der Waals surface area contributed by atoms with Crippen molar-refractivity contribution in [2.75, 3.05) is 7.11 Å². The van der Waals surface area contributed by atoms with Gasteiger partial charge in [0.25, 0.3) is 11.5 Å². The minimum absolute atomic E-state index is 0.0367. The lowest BCUT2D eigenvalue weighted by atomic mass is 9.95. The van der Waals surface area contributed by atoms with Gasteiger partial charge < -0.3 is 15.2 Å². The average molecular weight is 520 g/mol. The van der Waals surface area contributed by atoms with E-state index in [2.05, 4.69) is 5.32 Å². The molecule has 9 nitrogen and oxygen atoms in total. The average Bonchev–Trinajstić information content (AvgIpc) is 3.61. The lowest BCUT2D eigenvalue weighted by molar-refractivity contribution is -0.140. The number of nitrogens with one attached hydrogen (secondary N) is 1. The summed E-state index contributed by atoms with van der Waals surface area (Å²) in [5, 5.41) is 12.6. The van der Waals surface area contributed by atoms with Crippen LogP contribution in [-0.2, 0) is 30.3 Å². The zero-order valence-corrected chi connectivity index (χ0v) is 21.1. The van der Waals surface area contributed by atoms with Gasteiger partial charge in [0, 0.05) is 13.6 Å². The third-order valence-corrected chi connectivity index (χ3v) is 8.04. The van der Waals surface area contributed by atoms with Gasteiger partial charge in [0.05, 0.1) is 29.3 Å². The maximum absolute atomic E-state index is 13.3. The molecule has 0 bridgehead atoms. The second-order valence-corrected chi connectivity index (χ2v) is 10.2. The number of aromatic nitrogens is 2. The van der Waals surface area contributed by atoms with Crippen molar-refractivity contribution >= 4 is 33.4 Å². The summed E-state index contributed by atoms with van der Waals surface area (Å²) >= 11 is 1.09. The van der Waals surface area contributed by atoms with Crippen LogP contribution in [-0.4, -0.2) is 33.2 Å². The number of aliphatic carboxylic acids is 1. The Bertz CT molecular complexity index is 1640. The van der Waals surface area contributed by atoms with Crippen LogP contribution in [0.3, 0.4) is 0 Å². The van der Waals surface area contributed by atoms with Crippen molar-refractivity contribution in [1.82, 2.24) is 14.5 Å². The molecular weight excluding hydrogens is 494 g/mol. The summed E-state index contributed by atoms with van der Waals surface area (Å²) in [6.45, 7) is 0.321. The fourth-order valence-corrected chi connectivity index (χ4v) is 5.47. The van der Waals surface area contributed by atoms with Gasteiger partial charge in [0.2, 0.25) is 0 Å². The fraction of sp³-hybridized carbons (Fsp3) is 0.259. The molecule has 1 fully saturated rings. The van der Waals surface area contributed by atoms with Gasteiger partial charge in [-0.3, -0.25) is 23.5 Å². The highest BCUT2D eigenvalue weighted by Gasteiger charge is 2.51. The molecule has 1 aliphatic carbocycles. The molecule has 190 valence electrons. The number of hydrogen-bond acceptors (Lipinski definition) is 6. The molecule has 0 saturated heterocycles. The number of nitrogens with zero attached hydrogens (tertiary/aromatic N) is 2. The van der Waals surface area contributed by atoms with Gasteiger partial charge in [-0.1, -0.05) is 36.4 Å². The summed E-state index contributed by atoms with van der Waals surface area (Å²) in [6.07, 6.45) is 1.21. The van der Waals surface area contributed by atoms with E-state index in [0.29, 0.717) is 33.9 Å². The quantitative estimate of drug-likeness (QED) is 0.370. The minimum atomic E-state index is -0.836. The van der Waals surface area contributed by atoms with Gasteiger partial charge in [-0.05, 0) is 47.7 Å². The molecule has 1 aliphatic rings. The Kier molecular flexibility index (Phi) is 6.20. The number of methoxy groups -OCH3 is 1. The first kappa shape index (κ1) is 24.5. The van der Waals surface area contributed by atoms with Crippen LogP contribution in [0, 0.1) is 0 Å². The van der Waals surface area contributed by atoms with Crippen molar-refractivity contribution in [3.63, 3.8) is 0 Å². The molecular formula is C27H25N3O6S. The molecule has 37 heavy (non-hydrogen) atoms. The number of carbonyl (C=O) groups excluding carboxylic acids is 1. The molecule has 2 heterocycles. The highest BCUT2D eigenvalue weighted by molar-refractivity contribution is 7.20.